The Morgan fingerprint density at radius 1 is 1.10 bits per heavy atom. The van der Waals surface area contributed by atoms with E-state index in [1.54, 1.807) is 26.0 Å². The van der Waals surface area contributed by atoms with Crippen molar-refractivity contribution in [3.05, 3.63) is 42.5 Å². The summed E-state index contributed by atoms with van der Waals surface area (Å²) >= 11 is 1.47. The van der Waals surface area contributed by atoms with E-state index >= 15 is 0 Å². The molecule has 2 heterocycles. The number of carboxylic acid groups (broad SMARTS) is 1. The van der Waals surface area contributed by atoms with Crippen molar-refractivity contribution >= 4 is 27.8 Å². The maximum Gasteiger partial charge on any atom is 0.323 e. The highest BCUT2D eigenvalue weighted by Crippen LogP contribution is 2.39. The fraction of sp³-hybridized carbons (Fsp3) is 0.350. The second-order valence-corrected chi connectivity index (χ2v) is 11.0. The average Bonchev–Trinajstić information content (AvgIpc) is 3.14. The predicted molar refractivity (Wildman–Crippen MR) is 110 cm³/mol. The molecule has 2 aliphatic heterocycles. The molecule has 4 rings (SSSR count). The van der Waals surface area contributed by atoms with Crippen molar-refractivity contribution in [1.29, 1.82) is 0 Å². The Bertz CT molecular complexity index is 1050. The number of benzene rings is 2. The average molecular weight is 436 g/mol. The molecule has 9 heteroatoms. The molecule has 0 radical (unpaired) electrons. The summed E-state index contributed by atoms with van der Waals surface area (Å²) in [6.07, 6.45) is 0. The van der Waals surface area contributed by atoms with Gasteiger partial charge < -0.3 is 14.6 Å². The summed E-state index contributed by atoms with van der Waals surface area (Å²) in [5.74, 6) is 0.739. The van der Waals surface area contributed by atoms with Crippen LogP contribution < -0.4 is 9.47 Å². The molecule has 7 nitrogen and oxygen atoms in total. The Kier molecular flexibility index (Phi) is 5.00. The molecule has 0 spiro atoms. The standard InChI is InChI=1S/C20H21NO6S2/c1-20(2)18(19(22)23)21(9-10-28-20)29(24,25)15-6-3-13(4-7-15)14-5-8-16-17(11-14)27-12-26-16/h3-8,11,18H,9-10,12H2,1-2H3,(H,22,23)/t18-/m0/s1. The summed E-state index contributed by atoms with van der Waals surface area (Å²) in [7, 11) is -3.94. The van der Waals surface area contributed by atoms with Gasteiger partial charge in [-0.3, -0.25) is 4.79 Å². The van der Waals surface area contributed by atoms with Crippen LogP contribution in [0, 0.1) is 0 Å². The van der Waals surface area contributed by atoms with Gasteiger partial charge in [0.2, 0.25) is 16.8 Å². The summed E-state index contributed by atoms with van der Waals surface area (Å²) in [4.78, 5) is 11.9. The predicted octanol–water partition coefficient (Wildman–Crippen LogP) is 3.05. The van der Waals surface area contributed by atoms with Crippen LogP contribution in [0.25, 0.3) is 11.1 Å². The fourth-order valence-corrected chi connectivity index (χ4v) is 6.76. The van der Waals surface area contributed by atoms with Gasteiger partial charge in [0, 0.05) is 17.0 Å². The Balaban J connectivity index is 1.65. The van der Waals surface area contributed by atoms with Crippen LogP contribution in [0.4, 0.5) is 0 Å². The van der Waals surface area contributed by atoms with Crippen LogP contribution in [-0.2, 0) is 14.8 Å². The van der Waals surface area contributed by atoms with Gasteiger partial charge in [-0.15, -0.1) is 0 Å². The minimum Gasteiger partial charge on any atom is -0.480 e. The summed E-state index contributed by atoms with van der Waals surface area (Å²) in [5.41, 5.74) is 1.70. The molecule has 0 bridgehead atoms. The molecular weight excluding hydrogens is 414 g/mol. The van der Waals surface area contributed by atoms with Crippen LogP contribution in [0.2, 0.25) is 0 Å². The van der Waals surface area contributed by atoms with Crippen molar-refractivity contribution in [2.75, 3.05) is 19.1 Å². The van der Waals surface area contributed by atoms with Crippen LogP contribution in [0.3, 0.4) is 0 Å². The van der Waals surface area contributed by atoms with E-state index in [1.807, 2.05) is 18.2 Å². The number of thioether (sulfide) groups is 1. The van der Waals surface area contributed by atoms with E-state index in [0.717, 1.165) is 15.4 Å². The van der Waals surface area contributed by atoms with Crippen LogP contribution >= 0.6 is 11.8 Å². The largest absolute Gasteiger partial charge is 0.480 e. The Labute approximate surface area is 173 Å². The summed E-state index contributed by atoms with van der Waals surface area (Å²) in [6.45, 7) is 3.88. The molecule has 0 unspecified atom stereocenters. The van der Waals surface area contributed by atoms with Crippen molar-refractivity contribution in [3.8, 4) is 22.6 Å². The van der Waals surface area contributed by atoms with Crippen molar-refractivity contribution in [2.24, 2.45) is 0 Å². The lowest BCUT2D eigenvalue weighted by molar-refractivity contribution is -0.142. The molecule has 2 aromatic rings. The van der Waals surface area contributed by atoms with Gasteiger partial charge in [0.25, 0.3) is 0 Å². The Morgan fingerprint density at radius 2 is 1.76 bits per heavy atom. The molecule has 154 valence electrons. The van der Waals surface area contributed by atoms with E-state index in [-0.39, 0.29) is 18.2 Å². The number of ether oxygens (including phenoxy) is 2. The number of carboxylic acids is 1. The summed E-state index contributed by atoms with van der Waals surface area (Å²) in [6, 6.07) is 10.9. The van der Waals surface area contributed by atoms with Crippen molar-refractivity contribution < 1.29 is 27.8 Å². The first kappa shape index (κ1) is 20.1. The maximum absolute atomic E-state index is 13.2. The number of rotatable bonds is 4. The number of aliphatic carboxylic acids is 1. The van der Waals surface area contributed by atoms with Crippen LogP contribution in [0.15, 0.2) is 47.4 Å². The number of sulfonamides is 1. The molecule has 1 saturated heterocycles. The van der Waals surface area contributed by atoms with E-state index in [0.29, 0.717) is 17.3 Å². The highest BCUT2D eigenvalue weighted by Gasteiger charge is 2.48. The molecule has 0 saturated carbocycles. The lowest BCUT2D eigenvalue weighted by atomic mass is 10.0. The molecule has 1 atom stereocenters. The summed E-state index contributed by atoms with van der Waals surface area (Å²) < 4.78 is 37.5. The molecule has 0 aliphatic carbocycles. The highest BCUT2D eigenvalue weighted by atomic mass is 32.2. The second-order valence-electron chi connectivity index (χ2n) is 7.40. The molecule has 0 aromatic heterocycles. The van der Waals surface area contributed by atoms with E-state index in [4.69, 9.17) is 9.47 Å². The van der Waals surface area contributed by atoms with Gasteiger partial charge in [-0.2, -0.15) is 16.1 Å². The zero-order valence-corrected chi connectivity index (χ0v) is 17.6. The minimum atomic E-state index is -3.94. The third-order valence-corrected chi connectivity index (χ3v) is 8.37. The van der Waals surface area contributed by atoms with Crippen LogP contribution in [0.5, 0.6) is 11.5 Å². The molecule has 2 aliphatic rings. The van der Waals surface area contributed by atoms with Gasteiger partial charge in [-0.1, -0.05) is 18.2 Å². The number of fused-ring (bicyclic) bond motifs is 1. The smallest absolute Gasteiger partial charge is 0.323 e. The molecule has 1 fully saturated rings. The fourth-order valence-electron chi connectivity index (χ4n) is 3.66. The van der Waals surface area contributed by atoms with Gasteiger partial charge in [0.15, 0.2) is 11.5 Å². The molecule has 0 amide bonds. The van der Waals surface area contributed by atoms with Crippen LogP contribution in [-0.4, -0.2) is 53.7 Å². The van der Waals surface area contributed by atoms with Gasteiger partial charge in [-0.25, -0.2) is 8.42 Å². The van der Waals surface area contributed by atoms with Gasteiger partial charge in [-0.05, 0) is 49.2 Å². The van der Waals surface area contributed by atoms with Crippen molar-refractivity contribution in [3.63, 3.8) is 0 Å². The van der Waals surface area contributed by atoms with E-state index in [9.17, 15) is 18.3 Å². The van der Waals surface area contributed by atoms with Gasteiger partial charge in [0.05, 0.1) is 4.90 Å². The highest BCUT2D eigenvalue weighted by molar-refractivity contribution is 8.00. The maximum atomic E-state index is 13.2. The zero-order chi connectivity index (χ0) is 20.8. The van der Waals surface area contributed by atoms with E-state index < -0.39 is 26.8 Å². The molecule has 1 N–H and O–H groups in total. The number of carbonyl (C=O) groups is 1. The molecular formula is C20H21NO6S2. The van der Waals surface area contributed by atoms with Gasteiger partial charge >= 0.3 is 5.97 Å². The third kappa shape index (κ3) is 3.58. The SMILES string of the molecule is CC1(C)SCCN(S(=O)(=O)c2ccc(-c3ccc4c(c3)OCO4)cc2)[C@H]1C(=O)O. The quantitative estimate of drug-likeness (QED) is 0.789. The number of hydrogen-bond acceptors (Lipinski definition) is 6. The number of hydrogen-bond donors (Lipinski definition) is 1. The van der Waals surface area contributed by atoms with E-state index in [2.05, 4.69) is 0 Å². The summed E-state index contributed by atoms with van der Waals surface area (Å²) in [5, 5.41) is 9.68. The van der Waals surface area contributed by atoms with Gasteiger partial charge in [0.1, 0.15) is 6.04 Å². The van der Waals surface area contributed by atoms with Crippen molar-refractivity contribution in [1.82, 2.24) is 4.31 Å². The zero-order valence-electron chi connectivity index (χ0n) is 16.0. The van der Waals surface area contributed by atoms with Crippen LogP contribution in [0.1, 0.15) is 13.8 Å². The topological polar surface area (TPSA) is 93.1 Å². The minimum absolute atomic E-state index is 0.0796. The second kappa shape index (κ2) is 7.23. The number of nitrogens with zero attached hydrogens (tertiary/aromatic N) is 1. The molecule has 2 aromatic carbocycles. The Morgan fingerprint density at radius 3 is 2.45 bits per heavy atom. The monoisotopic (exact) mass is 435 g/mol. The van der Waals surface area contributed by atoms with Crippen molar-refractivity contribution in [2.45, 2.75) is 29.5 Å². The first-order valence-corrected chi connectivity index (χ1v) is 11.5. The Hall–Kier alpha value is -2.23. The third-order valence-electron chi connectivity index (χ3n) is 5.13. The lowest BCUT2D eigenvalue weighted by Gasteiger charge is -2.42. The van der Waals surface area contributed by atoms with E-state index in [1.165, 1.54) is 23.9 Å². The molecule has 29 heavy (non-hydrogen) atoms. The lowest BCUT2D eigenvalue weighted by Crippen LogP contribution is -2.58. The first-order chi connectivity index (χ1) is 13.7. The normalized spacial score (nSPS) is 21.1. The first-order valence-electron chi connectivity index (χ1n) is 9.09.